The first-order valence-electron chi connectivity index (χ1n) is 9.76. The fourth-order valence-corrected chi connectivity index (χ4v) is 29.2. The molecule has 0 aromatic carbocycles. The standard InChI is InChI=1S/C15H21N6O3P9S/c1-10-17-12(19-15-16-9-11(34-15)14(22)23)8-13(18-10)21-4-2-20(3-5-21)6-7-24-33(26)32-31-30-29-28-27-25/h8-9H,2-7,25H2,1H3,(H,22,23)(H,16,17,18,19). The normalized spacial score (nSPS) is 15.6. The number of rotatable bonds is 9. The summed E-state index contributed by atoms with van der Waals surface area (Å²) in [5.74, 6) is 1.13. The molecule has 0 bridgehead atoms. The molecule has 2 unspecified atom stereocenters. The van der Waals surface area contributed by atoms with Gasteiger partial charge in [-0.3, -0.25) is 0 Å². The number of anilines is 3. The molecule has 180 valence electrons. The van der Waals surface area contributed by atoms with E-state index in [4.69, 9.17) is 9.63 Å². The van der Waals surface area contributed by atoms with Gasteiger partial charge in [0, 0.05) is 0 Å². The van der Waals surface area contributed by atoms with Crippen molar-refractivity contribution < 1.29 is 14.4 Å². The fraction of sp³-hybridized carbons (Fsp3) is 0.467. The second-order valence-electron chi connectivity index (χ2n) is 6.60. The Morgan fingerprint density at radius 3 is 2.76 bits per heavy atom. The van der Waals surface area contributed by atoms with Gasteiger partial charge in [0.1, 0.15) is 4.88 Å². The number of nitrogens with one attached hydrogen (secondary N) is 1. The molecule has 2 N–H and O–H groups in total. The average molecular weight is 644 g/mol. The van der Waals surface area contributed by atoms with Crippen molar-refractivity contribution in [2.45, 2.75) is 6.92 Å². The Balaban J connectivity index is 1.46. The molecule has 1 aliphatic heterocycles. The number of carbonyl (C=O) groups is 1. The topological polar surface area (TPSA) is 104 Å². The van der Waals surface area contributed by atoms with Gasteiger partial charge in [-0.25, -0.2) is 9.78 Å². The van der Waals surface area contributed by atoms with Crippen LogP contribution in [0.15, 0.2) is 12.3 Å². The van der Waals surface area contributed by atoms with E-state index in [0.717, 1.165) is 49.9 Å². The van der Waals surface area contributed by atoms with E-state index in [0.29, 0.717) is 23.4 Å². The van der Waals surface area contributed by atoms with E-state index in [9.17, 15) is 4.79 Å². The van der Waals surface area contributed by atoms with Crippen LogP contribution in [0.1, 0.15) is 15.5 Å². The minimum absolute atomic E-state index is 0.183. The van der Waals surface area contributed by atoms with Crippen molar-refractivity contribution in [2.75, 3.05) is 49.5 Å². The van der Waals surface area contributed by atoms with Crippen LogP contribution < -0.4 is 10.2 Å². The van der Waals surface area contributed by atoms with Crippen LogP contribution in [-0.2, 0) is 4.52 Å². The first-order valence-corrected chi connectivity index (χ1v) is 24.2. The Labute approximate surface area is 216 Å². The first-order chi connectivity index (χ1) is 16.4. The van der Waals surface area contributed by atoms with E-state index in [-0.39, 0.29) is 4.88 Å². The zero-order chi connectivity index (χ0) is 24.3. The van der Waals surface area contributed by atoms with Gasteiger partial charge >= 0.3 is 175 Å². The number of nitrogens with zero attached hydrogens (tertiary/aromatic N) is 5. The summed E-state index contributed by atoms with van der Waals surface area (Å²) in [6.45, 7) is 6.42. The first kappa shape index (κ1) is 29.2. The molecule has 1 fully saturated rings. The molecular formula is C15H21N6O3P9S. The van der Waals surface area contributed by atoms with Crippen molar-refractivity contribution >= 4 is 104 Å². The number of carboxylic acids is 1. The van der Waals surface area contributed by atoms with Crippen molar-refractivity contribution in [3.05, 3.63) is 23.0 Å². The Kier molecular flexibility index (Phi) is 13.6. The summed E-state index contributed by atoms with van der Waals surface area (Å²) in [7, 11) is 15.6. The van der Waals surface area contributed by atoms with E-state index in [2.05, 4.69) is 47.3 Å². The summed E-state index contributed by atoms with van der Waals surface area (Å²) in [4.78, 5) is 29.0. The van der Waals surface area contributed by atoms with Crippen LogP contribution in [0.5, 0.6) is 0 Å². The van der Waals surface area contributed by atoms with Crippen LogP contribution in [0.3, 0.4) is 0 Å². The maximum absolute atomic E-state index is 11.1. The molecule has 9 nitrogen and oxygen atoms in total. The van der Waals surface area contributed by atoms with Crippen LogP contribution in [0.2, 0.25) is 0 Å². The van der Waals surface area contributed by atoms with Gasteiger partial charge in [0.05, 0.1) is 6.20 Å². The molecule has 2 aromatic rings. The summed E-state index contributed by atoms with van der Waals surface area (Å²) in [5, 5.41) is 12.7. The zero-order valence-electron chi connectivity index (χ0n) is 18.0. The summed E-state index contributed by atoms with van der Waals surface area (Å²) >= 11 is 1.08. The van der Waals surface area contributed by atoms with Crippen LogP contribution in [-0.4, -0.2) is 70.3 Å². The molecule has 0 radical (unpaired) electrons. The molecular weight excluding hydrogens is 623 g/mol. The van der Waals surface area contributed by atoms with Gasteiger partial charge < -0.3 is 5.11 Å². The van der Waals surface area contributed by atoms with Crippen molar-refractivity contribution in [2.24, 2.45) is 0 Å². The van der Waals surface area contributed by atoms with E-state index in [1.54, 1.807) is 0 Å². The average Bonchev–Trinajstić information content (AvgIpc) is 3.28. The summed E-state index contributed by atoms with van der Waals surface area (Å²) in [6, 6.07) is 1.89. The fourth-order valence-electron chi connectivity index (χ4n) is 2.91. The van der Waals surface area contributed by atoms with Gasteiger partial charge in [-0.1, -0.05) is 11.3 Å². The van der Waals surface area contributed by atoms with Gasteiger partial charge in [0.2, 0.25) is 0 Å². The van der Waals surface area contributed by atoms with Crippen molar-refractivity contribution in [1.82, 2.24) is 19.9 Å². The molecule has 1 saturated heterocycles. The number of hydrogen-bond acceptors (Lipinski definition) is 9. The summed E-state index contributed by atoms with van der Waals surface area (Å²) < 4.78 is 5.94. The number of aromatic carboxylic acids is 1. The van der Waals surface area contributed by atoms with Crippen molar-refractivity contribution in [3.63, 3.8) is 0 Å². The molecule has 0 spiro atoms. The number of thiazole rings is 1. The molecule has 3 rings (SSSR count). The van der Waals surface area contributed by atoms with Gasteiger partial charge in [0.15, 0.2) is 5.13 Å². The van der Waals surface area contributed by atoms with E-state index >= 15 is 0 Å². The number of aromatic nitrogens is 3. The third-order valence-electron chi connectivity index (χ3n) is 4.37. The van der Waals surface area contributed by atoms with Crippen LogP contribution in [0, 0.1) is 6.92 Å². The van der Waals surface area contributed by atoms with Crippen LogP contribution >= 0.6 is 80.9 Å². The molecule has 2 aromatic heterocycles. The molecule has 1 aliphatic rings. The Hall–Kier alpha value is 0.660. The Bertz CT molecular complexity index is 1150. The number of piperazine rings is 1. The van der Waals surface area contributed by atoms with Crippen LogP contribution in [0.4, 0.5) is 16.8 Å². The Morgan fingerprint density at radius 2 is 2.06 bits per heavy atom. The van der Waals surface area contributed by atoms with Crippen molar-refractivity contribution in [3.8, 4) is 0 Å². The van der Waals surface area contributed by atoms with Gasteiger partial charge in [-0.15, -0.1) is 0 Å². The molecule has 2 atom stereocenters. The monoisotopic (exact) mass is 644 g/mol. The zero-order valence-corrected chi connectivity index (χ0v) is 27.1. The second kappa shape index (κ2) is 15.8. The number of carboxylic acid groups (broad SMARTS) is 1. The summed E-state index contributed by atoms with van der Waals surface area (Å²) in [5.41, 5.74) is 0. The molecule has 0 saturated carbocycles. The quantitative estimate of drug-likeness (QED) is 0.260. The SMILES string of the molecule is Cc1nc(Nc2ncc(C(=O)O)s2)cc(N2CCN(CCOP(#P)P=PP=PP=PP)CC2)n1. The van der Waals surface area contributed by atoms with Crippen LogP contribution in [0.25, 0.3) is 0 Å². The third-order valence-corrected chi connectivity index (χ3v) is 27.5. The van der Waals surface area contributed by atoms with E-state index in [1.165, 1.54) is 51.5 Å². The second-order valence-corrected chi connectivity index (χ2v) is 26.1. The van der Waals surface area contributed by atoms with Crippen molar-refractivity contribution in [1.29, 1.82) is 0 Å². The predicted octanol–water partition coefficient (Wildman–Crippen LogP) is 8.50. The molecule has 19 heteroatoms. The number of hydrogen-bond donors (Lipinski definition) is 2. The van der Waals surface area contributed by atoms with E-state index in [1.807, 2.05) is 13.0 Å². The molecule has 3 heterocycles. The molecule has 0 amide bonds. The van der Waals surface area contributed by atoms with Gasteiger partial charge in [0.25, 0.3) is 0 Å². The third kappa shape index (κ3) is 10.2. The molecule has 34 heavy (non-hydrogen) atoms. The molecule has 0 aliphatic carbocycles. The van der Waals surface area contributed by atoms with Gasteiger partial charge in [-0.05, 0) is 0 Å². The Morgan fingerprint density at radius 1 is 1.29 bits per heavy atom. The minimum atomic E-state index is -0.987. The maximum atomic E-state index is 11.1. The number of aryl methyl sites for hydroxylation is 1. The van der Waals surface area contributed by atoms with Gasteiger partial charge in [-0.2, -0.15) is 0 Å². The van der Waals surface area contributed by atoms with E-state index < -0.39 is 12.9 Å². The predicted molar refractivity (Wildman–Crippen MR) is 159 cm³/mol. The summed E-state index contributed by atoms with van der Waals surface area (Å²) in [6.07, 6.45) is 1.34.